The summed E-state index contributed by atoms with van der Waals surface area (Å²) in [5, 5.41) is 12.6. The second-order valence-corrected chi connectivity index (χ2v) is 6.04. The van der Waals surface area contributed by atoms with Crippen molar-refractivity contribution < 1.29 is 14.6 Å². The van der Waals surface area contributed by atoms with Crippen LogP contribution < -0.4 is 5.32 Å². The monoisotopic (exact) mass is 227 g/mol. The van der Waals surface area contributed by atoms with Gasteiger partial charge in [0.1, 0.15) is 5.60 Å². The molecule has 2 aliphatic rings. The van der Waals surface area contributed by atoms with Gasteiger partial charge in [0.25, 0.3) is 0 Å². The highest BCUT2D eigenvalue weighted by Gasteiger charge is 2.58. The summed E-state index contributed by atoms with van der Waals surface area (Å²) in [6, 6.07) is 0.103. The number of alkyl carbamates (subject to hydrolysis) is 1. The number of carbonyl (C=O) groups excluding carboxylic acids is 1. The number of amides is 1. The molecule has 2 N–H and O–H groups in total. The number of carbonyl (C=O) groups is 1. The van der Waals surface area contributed by atoms with Gasteiger partial charge in [-0.2, -0.15) is 0 Å². The largest absolute Gasteiger partial charge is 0.444 e. The van der Waals surface area contributed by atoms with Crippen molar-refractivity contribution in [3.05, 3.63) is 0 Å². The van der Waals surface area contributed by atoms with E-state index in [-0.39, 0.29) is 23.7 Å². The van der Waals surface area contributed by atoms with E-state index in [1.54, 1.807) is 0 Å². The molecule has 0 heterocycles. The van der Waals surface area contributed by atoms with Gasteiger partial charge in [0.15, 0.2) is 0 Å². The van der Waals surface area contributed by atoms with E-state index in [9.17, 15) is 9.90 Å². The Morgan fingerprint density at radius 3 is 2.44 bits per heavy atom. The van der Waals surface area contributed by atoms with Gasteiger partial charge in [0.05, 0.1) is 6.10 Å². The lowest BCUT2D eigenvalue weighted by molar-refractivity contribution is -0.143. The maximum Gasteiger partial charge on any atom is 0.407 e. The fourth-order valence-corrected chi connectivity index (χ4v) is 2.68. The Morgan fingerprint density at radius 2 is 2.06 bits per heavy atom. The normalized spacial score (nSPS) is 31.5. The summed E-state index contributed by atoms with van der Waals surface area (Å²) < 4.78 is 5.21. The third-order valence-corrected chi connectivity index (χ3v) is 3.79. The zero-order valence-corrected chi connectivity index (χ0v) is 10.2. The van der Waals surface area contributed by atoms with Crippen molar-refractivity contribution in [1.29, 1.82) is 0 Å². The minimum absolute atomic E-state index is 0.0308. The summed E-state index contributed by atoms with van der Waals surface area (Å²) in [6.07, 6.45) is 3.27. The van der Waals surface area contributed by atoms with Crippen molar-refractivity contribution in [2.45, 2.75) is 64.2 Å². The minimum atomic E-state index is -0.459. The highest BCUT2D eigenvalue weighted by molar-refractivity contribution is 5.68. The quantitative estimate of drug-likeness (QED) is 0.718. The number of nitrogens with one attached hydrogen (secondary N) is 1. The Bertz CT molecular complexity index is 291. The molecule has 0 saturated heterocycles. The van der Waals surface area contributed by atoms with Crippen molar-refractivity contribution in [3.8, 4) is 0 Å². The molecule has 2 fully saturated rings. The number of aliphatic hydroxyl groups is 1. The molecule has 2 atom stereocenters. The highest BCUT2D eigenvalue weighted by atomic mass is 16.6. The molecule has 0 bridgehead atoms. The Kier molecular flexibility index (Phi) is 2.65. The Hall–Kier alpha value is -0.770. The molecule has 1 amide bonds. The molecule has 4 heteroatoms. The molecule has 0 aliphatic heterocycles. The van der Waals surface area contributed by atoms with Crippen LogP contribution in [0.2, 0.25) is 0 Å². The Morgan fingerprint density at radius 1 is 1.44 bits per heavy atom. The first kappa shape index (κ1) is 11.7. The molecule has 0 aromatic carbocycles. The Labute approximate surface area is 96.4 Å². The van der Waals surface area contributed by atoms with Crippen molar-refractivity contribution in [1.82, 2.24) is 5.32 Å². The van der Waals surface area contributed by atoms with E-state index in [1.165, 1.54) is 0 Å². The smallest absolute Gasteiger partial charge is 0.407 e. The summed E-state index contributed by atoms with van der Waals surface area (Å²) in [6.45, 7) is 5.55. The molecule has 0 aromatic rings. The summed E-state index contributed by atoms with van der Waals surface area (Å²) in [5.41, 5.74) is -0.490. The van der Waals surface area contributed by atoms with Gasteiger partial charge in [0, 0.05) is 11.5 Å². The van der Waals surface area contributed by atoms with Gasteiger partial charge in [-0.3, -0.25) is 0 Å². The topological polar surface area (TPSA) is 58.6 Å². The van der Waals surface area contributed by atoms with Gasteiger partial charge in [-0.1, -0.05) is 6.42 Å². The summed E-state index contributed by atoms with van der Waals surface area (Å²) in [5.74, 6) is 0. The predicted octanol–water partition coefficient (Wildman–Crippen LogP) is 1.81. The van der Waals surface area contributed by atoms with Crippen molar-refractivity contribution in [3.63, 3.8) is 0 Å². The van der Waals surface area contributed by atoms with E-state index in [0.29, 0.717) is 6.42 Å². The van der Waals surface area contributed by atoms with Crippen LogP contribution in [-0.2, 0) is 4.74 Å². The van der Waals surface area contributed by atoms with Crippen LogP contribution in [0.5, 0.6) is 0 Å². The third kappa shape index (κ3) is 1.90. The van der Waals surface area contributed by atoms with Gasteiger partial charge in [-0.25, -0.2) is 4.79 Å². The standard InChI is InChI=1S/C12H21NO3/c1-11(2,3)16-10(15)13-8-7-9(14)12(8)5-4-6-12/h8-9,14H,4-7H2,1-3H3,(H,13,15)/t8-,9-/m1/s1. The van der Waals surface area contributed by atoms with Crippen LogP contribution in [0.25, 0.3) is 0 Å². The molecule has 2 rings (SSSR count). The molecule has 2 saturated carbocycles. The van der Waals surface area contributed by atoms with E-state index >= 15 is 0 Å². The molecule has 4 nitrogen and oxygen atoms in total. The molecule has 0 aromatic heterocycles. The molecule has 16 heavy (non-hydrogen) atoms. The number of hydrogen-bond acceptors (Lipinski definition) is 3. The Balaban J connectivity index is 1.85. The fraction of sp³-hybridized carbons (Fsp3) is 0.917. The maximum absolute atomic E-state index is 11.6. The molecule has 0 radical (unpaired) electrons. The molecular weight excluding hydrogens is 206 g/mol. The lowest BCUT2D eigenvalue weighted by Crippen LogP contribution is -2.67. The molecule has 1 spiro atoms. The minimum Gasteiger partial charge on any atom is -0.444 e. The van der Waals surface area contributed by atoms with Gasteiger partial charge in [0.2, 0.25) is 0 Å². The summed E-state index contributed by atoms with van der Waals surface area (Å²) in [4.78, 5) is 11.6. The average Bonchev–Trinajstić information content (AvgIpc) is 1.95. The van der Waals surface area contributed by atoms with E-state index in [0.717, 1.165) is 19.3 Å². The van der Waals surface area contributed by atoms with E-state index in [4.69, 9.17) is 4.74 Å². The highest BCUT2D eigenvalue weighted by Crippen LogP contribution is 2.55. The van der Waals surface area contributed by atoms with Crippen molar-refractivity contribution >= 4 is 6.09 Å². The predicted molar refractivity (Wildman–Crippen MR) is 60.1 cm³/mol. The van der Waals surface area contributed by atoms with Crippen molar-refractivity contribution in [2.24, 2.45) is 5.41 Å². The lowest BCUT2D eigenvalue weighted by atomic mass is 9.51. The number of hydrogen-bond donors (Lipinski definition) is 2. The zero-order valence-electron chi connectivity index (χ0n) is 10.2. The first-order chi connectivity index (χ1) is 7.33. The number of aliphatic hydroxyl groups excluding tert-OH is 1. The van der Waals surface area contributed by atoms with Crippen molar-refractivity contribution in [2.75, 3.05) is 0 Å². The maximum atomic E-state index is 11.6. The lowest BCUT2D eigenvalue weighted by Gasteiger charge is -2.59. The van der Waals surface area contributed by atoms with Crippen LogP contribution in [0.15, 0.2) is 0 Å². The SMILES string of the molecule is CC(C)(C)OC(=O)N[C@@H]1C[C@@H](O)C12CCC2. The van der Waals surface area contributed by atoms with Crippen LogP contribution in [-0.4, -0.2) is 28.9 Å². The second kappa shape index (κ2) is 3.62. The van der Waals surface area contributed by atoms with Gasteiger partial charge < -0.3 is 15.2 Å². The van der Waals surface area contributed by atoms with Crippen LogP contribution >= 0.6 is 0 Å². The van der Waals surface area contributed by atoms with Gasteiger partial charge >= 0.3 is 6.09 Å². The number of ether oxygens (including phenoxy) is 1. The van der Waals surface area contributed by atoms with E-state index < -0.39 is 5.60 Å². The molecular formula is C12H21NO3. The summed E-state index contributed by atoms with van der Waals surface area (Å²) in [7, 11) is 0. The van der Waals surface area contributed by atoms with E-state index in [2.05, 4.69) is 5.32 Å². The zero-order chi connectivity index (χ0) is 12.0. The van der Waals surface area contributed by atoms with Crippen LogP contribution in [0.4, 0.5) is 4.79 Å². The van der Waals surface area contributed by atoms with Crippen LogP contribution in [0.1, 0.15) is 46.5 Å². The molecule has 0 unspecified atom stereocenters. The first-order valence-electron chi connectivity index (χ1n) is 6.01. The third-order valence-electron chi connectivity index (χ3n) is 3.79. The number of rotatable bonds is 1. The summed E-state index contributed by atoms with van der Waals surface area (Å²) >= 11 is 0. The van der Waals surface area contributed by atoms with Crippen LogP contribution in [0, 0.1) is 5.41 Å². The second-order valence-electron chi connectivity index (χ2n) is 6.04. The fourth-order valence-electron chi connectivity index (χ4n) is 2.68. The molecule has 2 aliphatic carbocycles. The first-order valence-corrected chi connectivity index (χ1v) is 6.01. The average molecular weight is 227 g/mol. The van der Waals surface area contributed by atoms with Gasteiger partial charge in [-0.15, -0.1) is 0 Å². The van der Waals surface area contributed by atoms with Gasteiger partial charge in [-0.05, 0) is 40.0 Å². The van der Waals surface area contributed by atoms with Crippen LogP contribution in [0.3, 0.4) is 0 Å². The van der Waals surface area contributed by atoms with E-state index in [1.807, 2.05) is 20.8 Å². The molecule has 92 valence electrons.